The van der Waals surface area contributed by atoms with E-state index >= 15 is 0 Å². The normalized spacial score (nSPS) is 12.2. The lowest BCUT2D eigenvalue weighted by molar-refractivity contribution is -0.120. The average molecular weight is 333 g/mol. The number of rotatable bonds is 8. The first-order chi connectivity index (χ1) is 9.93. The zero-order valence-electron chi connectivity index (χ0n) is 12.1. The van der Waals surface area contributed by atoms with Gasteiger partial charge in [-0.1, -0.05) is 36.9 Å². The number of anilines is 1. The predicted molar refractivity (Wildman–Crippen MR) is 82.5 cm³/mol. The second-order valence-electron chi connectivity index (χ2n) is 4.43. The monoisotopic (exact) mass is 333 g/mol. The summed E-state index contributed by atoms with van der Waals surface area (Å²) >= 11 is 2.60. The quantitative estimate of drug-likeness (QED) is 0.478. The van der Waals surface area contributed by atoms with Crippen LogP contribution in [0.15, 0.2) is 4.34 Å². The Labute approximate surface area is 131 Å². The van der Waals surface area contributed by atoms with E-state index in [-0.39, 0.29) is 5.92 Å². The van der Waals surface area contributed by atoms with Gasteiger partial charge in [-0.25, -0.2) is 4.79 Å². The van der Waals surface area contributed by atoms with Crippen molar-refractivity contribution in [1.29, 1.82) is 0 Å². The van der Waals surface area contributed by atoms with Crippen LogP contribution in [0.25, 0.3) is 0 Å². The zero-order chi connectivity index (χ0) is 15.8. The van der Waals surface area contributed by atoms with Crippen molar-refractivity contribution in [2.45, 2.75) is 23.4 Å². The average Bonchev–Trinajstić information content (AvgIpc) is 2.82. The molecule has 0 aliphatic heterocycles. The minimum absolute atomic E-state index is 0.0168. The summed E-state index contributed by atoms with van der Waals surface area (Å²) in [6, 6.07) is -0.856. The number of carbonyl (C=O) groups excluding carboxylic acids is 2. The van der Waals surface area contributed by atoms with Crippen molar-refractivity contribution in [3.8, 4) is 0 Å². The standard InChI is InChI=1S/C11H19N5O3S2/c1-6(2)7(8(17)14-9(12)18)20-11-16-15-10(21-11)13-4-5-19-3/h6-7H,4-5H2,1-3H3,(H,13,15)(H3,12,14,17,18)/t7-/m0/s1. The smallest absolute Gasteiger partial charge is 0.318 e. The maximum absolute atomic E-state index is 11.9. The molecule has 0 bridgehead atoms. The highest BCUT2D eigenvalue weighted by Crippen LogP contribution is 2.32. The molecule has 0 aliphatic carbocycles. The molecular weight excluding hydrogens is 314 g/mol. The number of thioether (sulfide) groups is 1. The van der Waals surface area contributed by atoms with Gasteiger partial charge in [0.25, 0.3) is 0 Å². The Balaban J connectivity index is 2.63. The van der Waals surface area contributed by atoms with Gasteiger partial charge in [-0.05, 0) is 5.92 Å². The minimum Gasteiger partial charge on any atom is -0.383 e. The molecule has 0 aromatic carbocycles. The maximum Gasteiger partial charge on any atom is 0.318 e. The van der Waals surface area contributed by atoms with E-state index in [2.05, 4.69) is 20.8 Å². The van der Waals surface area contributed by atoms with Crippen LogP contribution in [0.5, 0.6) is 0 Å². The molecule has 0 unspecified atom stereocenters. The maximum atomic E-state index is 11.9. The summed E-state index contributed by atoms with van der Waals surface area (Å²) in [5.74, 6) is -0.408. The number of hydrogen-bond acceptors (Lipinski definition) is 8. The van der Waals surface area contributed by atoms with Gasteiger partial charge in [0.05, 0.1) is 11.9 Å². The fraction of sp³-hybridized carbons (Fsp3) is 0.636. The van der Waals surface area contributed by atoms with E-state index in [9.17, 15) is 9.59 Å². The molecule has 0 fully saturated rings. The molecule has 21 heavy (non-hydrogen) atoms. The number of methoxy groups -OCH3 is 1. The van der Waals surface area contributed by atoms with E-state index in [0.29, 0.717) is 22.6 Å². The van der Waals surface area contributed by atoms with Crippen LogP contribution < -0.4 is 16.4 Å². The number of primary amides is 1. The van der Waals surface area contributed by atoms with E-state index in [1.807, 2.05) is 13.8 Å². The first kappa shape index (κ1) is 17.7. The number of ether oxygens (including phenoxy) is 1. The van der Waals surface area contributed by atoms with Crippen LogP contribution in [0.1, 0.15) is 13.8 Å². The number of amides is 3. The molecule has 0 radical (unpaired) electrons. The van der Waals surface area contributed by atoms with Gasteiger partial charge in [0.15, 0.2) is 4.34 Å². The number of imide groups is 1. The van der Waals surface area contributed by atoms with Crippen molar-refractivity contribution >= 4 is 40.2 Å². The minimum atomic E-state index is -0.856. The third-order valence-electron chi connectivity index (χ3n) is 2.33. The van der Waals surface area contributed by atoms with E-state index in [4.69, 9.17) is 10.5 Å². The lowest BCUT2D eigenvalue weighted by Crippen LogP contribution is -2.42. The molecule has 1 aromatic rings. The van der Waals surface area contributed by atoms with Crippen LogP contribution in [0.2, 0.25) is 0 Å². The van der Waals surface area contributed by atoms with Crippen LogP contribution in [0.4, 0.5) is 9.93 Å². The van der Waals surface area contributed by atoms with Crippen molar-refractivity contribution < 1.29 is 14.3 Å². The van der Waals surface area contributed by atoms with E-state index < -0.39 is 17.2 Å². The van der Waals surface area contributed by atoms with E-state index in [0.717, 1.165) is 0 Å². The third kappa shape index (κ3) is 6.27. The molecule has 0 saturated carbocycles. The molecule has 0 aliphatic rings. The Bertz CT molecular complexity index is 480. The molecule has 1 atom stereocenters. The molecule has 0 saturated heterocycles. The summed E-state index contributed by atoms with van der Waals surface area (Å²) in [7, 11) is 1.62. The van der Waals surface area contributed by atoms with Gasteiger partial charge in [0, 0.05) is 13.7 Å². The number of aromatic nitrogens is 2. The first-order valence-corrected chi connectivity index (χ1v) is 7.97. The van der Waals surface area contributed by atoms with Crippen LogP contribution in [-0.4, -0.2) is 47.6 Å². The SMILES string of the molecule is COCCNc1nnc(S[C@H](C(=O)NC(N)=O)C(C)C)s1. The molecule has 1 rings (SSSR count). The van der Waals surface area contributed by atoms with Crippen LogP contribution in [0, 0.1) is 5.92 Å². The molecule has 1 aromatic heterocycles. The highest BCUT2D eigenvalue weighted by molar-refractivity contribution is 8.02. The molecule has 10 heteroatoms. The third-order valence-corrected chi connectivity index (χ3v) is 4.84. The number of nitrogens with one attached hydrogen (secondary N) is 2. The molecule has 4 N–H and O–H groups in total. The summed E-state index contributed by atoms with van der Waals surface area (Å²) in [5, 5.41) is 13.3. The van der Waals surface area contributed by atoms with Crippen molar-refractivity contribution in [3.63, 3.8) is 0 Å². The van der Waals surface area contributed by atoms with Crippen molar-refractivity contribution in [1.82, 2.24) is 15.5 Å². The van der Waals surface area contributed by atoms with Gasteiger partial charge in [0.2, 0.25) is 11.0 Å². The highest BCUT2D eigenvalue weighted by Gasteiger charge is 2.26. The largest absolute Gasteiger partial charge is 0.383 e. The number of nitrogens with two attached hydrogens (primary N) is 1. The molecule has 1 heterocycles. The Morgan fingerprint density at radius 3 is 2.71 bits per heavy atom. The summed E-state index contributed by atoms with van der Waals surface area (Å²) < 4.78 is 5.57. The number of hydrogen-bond donors (Lipinski definition) is 3. The Kier molecular flexibility index (Phi) is 7.40. The van der Waals surface area contributed by atoms with Crippen molar-refractivity contribution in [2.75, 3.05) is 25.6 Å². The number of urea groups is 1. The second-order valence-corrected chi connectivity index (χ2v) is 6.79. The van der Waals surface area contributed by atoms with Gasteiger partial charge in [-0.15, -0.1) is 10.2 Å². The molecular formula is C11H19N5O3S2. The van der Waals surface area contributed by atoms with Gasteiger partial charge in [-0.2, -0.15) is 0 Å². The fourth-order valence-electron chi connectivity index (χ4n) is 1.38. The first-order valence-electron chi connectivity index (χ1n) is 6.27. The molecule has 3 amide bonds. The van der Waals surface area contributed by atoms with Crippen LogP contribution in [0.3, 0.4) is 0 Å². The van der Waals surface area contributed by atoms with Gasteiger partial charge >= 0.3 is 6.03 Å². The van der Waals surface area contributed by atoms with Gasteiger partial charge in [-0.3, -0.25) is 10.1 Å². The summed E-state index contributed by atoms with van der Waals surface area (Å²) in [6.07, 6.45) is 0. The predicted octanol–water partition coefficient (Wildman–Crippen LogP) is 0.908. The molecule has 8 nitrogen and oxygen atoms in total. The van der Waals surface area contributed by atoms with Crippen LogP contribution >= 0.6 is 23.1 Å². The molecule has 0 spiro atoms. The summed E-state index contributed by atoms with van der Waals surface area (Å²) in [5.41, 5.74) is 4.97. The van der Waals surface area contributed by atoms with E-state index in [1.165, 1.54) is 23.1 Å². The lowest BCUT2D eigenvalue weighted by Gasteiger charge is -2.16. The van der Waals surface area contributed by atoms with Crippen molar-refractivity contribution in [2.24, 2.45) is 11.7 Å². The Hall–Kier alpha value is -1.39. The fourth-order valence-corrected chi connectivity index (χ4v) is 3.37. The lowest BCUT2D eigenvalue weighted by atomic mass is 10.1. The van der Waals surface area contributed by atoms with Gasteiger partial charge < -0.3 is 15.8 Å². The zero-order valence-corrected chi connectivity index (χ0v) is 13.7. The van der Waals surface area contributed by atoms with Gasteiger partial charge in [0.1, 0.15) is 0 Å². The number of nitrogens with zero attached hydrogens (tertiary/aromatic N) is 2. The summed E-state index contributed by atoms with van der Waals surface area (Å²) in [6.45, 7) is 4.97. The van der Waals surface area contributed by atoms with Crippen molar-refractivity contribution in [3.05, 3.63) is 0 Å². The number of carbonyl (C=O) groups is 2. The Morgan fingerprint density at radius 1 is 1.43 bits per heavy atom. The second kappa shape index (κ2) is 8.80. The Morgan fingerprint density at radius 2 is 2.14 bits per heavy atom. The topological polar surface area (TPSA) is 119 Å². The van der Waals surface area contributed by atoms with E-state index in [1.54, 1.807) is 7.11 Å². The molecule has 118 valence electrons. The summed E-state index contributed by atoms with van der Waals surface area (Å²) in [4.78, 5) is 22.7. The highest BCUT2D eigenvalue weighted by atomic mass is 32.2. The van der Waals surface area contributed by atoms with Crippen LogP contribution in [-0.2, 0) is 9.53 Å².